The predicted octanol–water partition coefficient (Wildman–Crippen LogP) is 6.08. The highest BCUT2D eigenvalue weighted by atomic mass is 19.1. The second-order valence-electron chi connectivity index (χ2n) is 8.89. The molecule has 0 bridgehead atoms. The van der Waals surface area contributed by atoms with E-state index in [1.165, 1.54) is 24.6 Å². The summed E-state index contributed by atoms with van der Waals surface area (Å²) in [6.07, 6.45) is 4.87. The van der Waals surface area contributed by atoms with Crippen LogP contribution in [-0.4, -0.2) is 24.7 Å². The summed E-state index contributed by atoms with van der Waals surface area (Å²) in [4.78, 5) is 11.3. The van der Waals surface area contributed by atoms with Crippen molar-refractivity contribution in [3.63, 3.8) is 0 Å². The van der Waals surface area contributed by atoms with Crippen LogP contribution in [-0.2, 0) is 22.6 Å². The summed E-state index contributed by atoms with van der Waals surface area (Å²) in [7, 11) is 0. The lowest BCUT2D eigenvalue weighted by Crippen LogP contribution is -2.30. The van der Waals surface area contributed by atoms with E-state index in [1.54, 1.807) is 6.07 Å². The van der Waals surface area contributed by atoms with Gasteiger partial charge < -0.3 is 14.8 Å². The van der Waals surface area contributed by atoms with E-state index in [4.69, 9.17) is 9.47 Å². The van der Waals surface area contributed by atoms with E-state index in [-0.39, 0.29) is 23.9 Å². The van der Waals surface area contributed by atoms with Crippen molar-refractivity contribution >= 4 is 5.91 Å². The molecule has 3 aromatic carbocycles. The van der Waals surface area contributed by atoms with Crippen LogP contribution in [0.3, 0.4) is 0 Å². The maximum absolute atomic E-state index is 14.0. The van der Waals surface area contributed by atoms with Crippen molar-refractivity contribution in [3.05, 3.63) is 89.7 Å². The molecule has 1 saturated carbocycles. The van der Waals surface area contributed by atoms with E-state index in [1.807, 2.05) is 42.5 Å². The van der Waals surface area contributed by atoms with Gasteiger partial charge in [-0.2, -0.15) is 0 Å². The Balaban J connectivity index is 1.44. The standard InChI is InChI=1S/C29H32FNO3/c1-21(32)31-16-15-23-13-14-28(19-29(23)24-9-5-10-25(30)17-24)34-27-12-6-11-26(18-27)33-20-22-7-3-2-4-8-22/h2-5,7-10,13-14,17,19,26-27H,6,11-12,15-16,18,20H2,1H3,(H,31,32)/t26-,27+/m1/s1. The third-order valence-electron chi connectivity index (χ3n) is 6.19. The highest BCUT2D eigenvalue weighted by Crippen LogP contribution is 2.32. The van der Waals surface area contributed by atoms with Crippen LogP contribution in [0.25, 0.3) is 11.1 Å². The summed E-state index contributed by atoms with van der Waals surface area (Å²) in [5.41, 5.74) is 3.95. The minimum atomic E-state index is -0.276. The maximum atomic E-state index is 14.0. The minimum Gasteiger partial charge on any atom is -0.490 e. The number of ether oxygens (including phenoxy) is 2. The van der Waals surface area contributed by atoms with Gasteiger partial charge in [-0.05, 0) is 72.2 Å². The van der Waals surface area contributed by atoms with Gasteiger partial charge in [-0.1, -0.05) is 48.5 Å². The molecule has 5 heteroatoms. The summed E-state index contributed by atoms with van der Waals surface area (Å²) in [6.45, 7) is 2.65. The summed E-state index contributed by atoms with van der Waals surface area (Å²) < 4.78 is 26.5. The molecule has 0 heterocycles. The quantitative estimate of drug-likeness (QED) is 0.420. The van der Waals surface area contributed by atoms with Gasteiger partial charge in [0.05, 0.1) is 12.7 Å². The van der Waals surface area contributed by atoms with Crippen LogP contribution in [0.15, 0.2) is 72.8 Å². The van der Waals surface area contributed by atoms with Gasteiger partial charge in [0.25, 0.3) is 0 Å². The number of rotatable bonds is 9. The van der Waals surface area contributed by atoms with Crippen molar-refractivity contribution < 1.29 is 18.7 Å². The monoisotopic (exact) mass is 461 g/mol. The molecule has 1 amide bonds. The van der Waals surface area contributed by atoms with E-state index in [9.17, 15) is 9.18 Å². The lowest BCUT2D eigenvalue weighted by Gasteiger charge is -2.30. The molecule has 1 fully saturated rings. The SMILES string of the molecule is CC(=O)NCCc1ccc(O[C@H]2CCC[C@@H](OCc3ccccc3)C2)cc1-c1cccc(F)c1. The van der Waals surface area contributed by atoms with Gasteiger partial charge in [0.1, 0.15) is 17.7 Å². The van der Waals surface area contributed by atoms with E-state index in [0.717, 1.165) is 48.1 Å². The summed E-state index contributed by atoms with van der Waals surface area (Å²) in [5, 5.41) is 2.83. The molecule has 3 aromatic rings. The molecule has 0 unspecified atom stereocenters. The fraction of sp³-hybridized carbons (Fsp3) is 0.345. The van der Waals surface area contributed by atoms with E-state index in [2.05, 4.69) is 17.4 Å². The Labute approximate surface area is 201 Å². The zero-order valence-electron chi connectivity index (χ0n) is 19.6. The van der Waals surface area contributed by atoms with Gasteiger partial charge in [0.2, 0.25) is 5.91 Å². The van der Waals surface area contributed by atoms with Crippen molar-refractivity contribution in [2.45, 2.75) is 57.8 Å². The number of carbonyl (C=O) groups is 1. The molecule has 4 rings (SSSR count). The molecule has 178 valence electrons. The van der Waals surface area contributed by atoms with Crippen molar-refractivity contribution in [2.24, 2.45) is 0 Å². The molecule has 0 saturated heterocycles. The van der Waals surface area contributed by atoms with Crippen molar-refractivity contribution in [2.75, 3.05) is 6.54 Å². The largest absolute Gasteiger partial charge is 0.490 e. The van der Waals surface area contributed by atoms with Gasteiger partial charge >= 0.3 is 0 Å². The Bertz CT molecular complexity index is 1090. The van der Waals surface area contributed by atoms with Crippen LogP contribution in [0, 0.1) is 5.82 Å². The van der Waals surface area contributed by atoms with Crippen LogP contribution in [0.1, 0.15) is 43.7 Å². The van der Waals surface area contributed by atoms with Crippen molar-refractivity contribution in [1.29, 1.82) is 0 Å². The Morgan fingerprint density at radius 1 is 1.00 bits per heavy atom. The van der Waals surface area contributed by atoms with Crippen molar-refractivity contribution in [3.8, 4) is 16.9 Å². The minimum absolute atomic E-state index is 0.0615. The number of halogens is 1. The van der Waals surface area contributed by atoms with Gasteiger partial charge in [-0.3, -0.25) is 4.79 Å². The Hall–Kier alpha value is -3.18. The van der Waals surface area contributed by atoms with Gasteiger partial charge in [-0.25, -0.2) is 4.39 Å². The smallest absolute Gasteiger partial charge is 0.216 e. The number of benzene rings is 3. The first-order valence-electron chi connectivity index (χ1n) is 12.0. The Morgan fingerprint density at radius 3 is 2.62 bits per heavy atom. The fourth-order valence-corrected chi connectivity index (χ4v) is 4.49. The average molecular weight is 462 g/mol. The van der Waals surface area contributed by atoms with E-state index >= 15 is 0 Å². The van der Waals surface area contributed by atoms with Gasteiger partial charge in [0.15, 0.2) is 0 Å². The summed E-state index contributed by atoms with van der Waals surface area (Å²) >= 11 is 0. The molecule has 0 aliphatic heterocycles. The number of nitrogens with one attached hydrogen (secondary N) is 1. The average Bonchev–Trinajstić information content (AvgIpc) is 2.84. The maximum Gasteiger partial charge on any atom is 0.216 e. The van der Waals surface area contributed by atoms with E-state index < -0.39 is 0 Å². The molecule has 34 heavy (non-hydrogen) atoms. The molecule has 1 N–H and O–H groups in total. The van der Waals surface area contributed by atoms with Crippen LogP contribution in [0.2, 0.25) is 0 Å². The molecule has 0 aromatic heterocycles. The Kier molecular flexibility index (Phi) is 8.31. The summed E-state index contributed by atoms with van der Waals surface area (Å²) in [6, 6.07) is 22.8. The van der Waals surface area contributed by atoms with Crippen LogP contribution in [0.4, 0.5) is 4.39 Å². The first-order chi connectivity index (χ1) is 16.6. The predicted molar refractivity (Wildman–Crippen MR) is 132 cm³/mol. The zero-order chi connectivity index (χ0) is 23.8. The number of carbonyl (C=O) groups excluding carboxylic acids is 1. The normalized spacial score (nSPS) is 17.8. The number of hydrogen-bond donors (Lipinski definition) is 1. The lowest BCUT2D eigenvalue weighted by molar-refractivity contribution is -0.118. The lowest BCUT2D eigenvalue weighted by atomic mass is 9.94. The van der Waals surface area contributed by atoms with Gasteiger partial charge in [-0.15, -0.1) is 0 Å². The molecular weight excluding hydrogens is 429 g/mol. The summed E-state index contributed by atoms with van der Waals surface area (Å²) in [5.74, 6) is 0.437. The number of amides is 1. The topological polar surface area (TPSA) is 47.6 Å². The zero-order valence-corrected chi connectivity index (χ0v) is 19.6. The molecule has 0 radical (unpaired) electrons. The highest BCUT2D eigenvalue weighted by Gasteiger charge is 2.24. The van der Waals surface area contributed by atoms with Crippen molar-refractivity contribution in [1.82, 2.24) is 5.32 Å². The molecule has 1 aliphatic rings. The van der Waals surface area contributed by atoms with Crippen LogP contribution >= 0.6 is 0 Å². The first kappa shape index (κ1) is 24.0. The molecular formula is C29H32FNO3. The highest BCUT2D eigenvalue weighted by molar-refractivity contribution is 5.73. The number of hydrogen-bond acceptors (Lipinski definition) is 3. The van der Waals surface area contributed by atoms with Gasteiger partial charge in [0, 0.05) is 19.9 Å². The third kappa shape index (κ3) is 6.91. The molecule has 2 atom stereocenters. The van der Waals surface area contributed by atoms with Crippen LogP contribution in [0.5, 0.6) is 5.75 Å². The van der Waals surface area contributed by atoms with Crippen LogP contribution < -0.4 is 10.1 Å². The second-order valence-corrected chi connectivity index (χ2v) is 8.89. The third-order valence-corrected chi connectivity index (χ3v) is 6.19. The fourth-order valence-electron chi connectivity index (χ4n) is 4.49. The van der Waals surface area contributed by atoms with E-state index in [0.29, 0.717) is 19.6 Å². The molecule has 1 aliphatic carbocycles. The first-order valence-corrected chi connectivity index (χ1v) is 12.0. The molecule has 0 spiro atoms. The Morgan fingerprint density at radius 2 is 1.82 bits per heavy atom. The second kappa shape index (κ2) is 11.8. The molecule has 4 nitrogen and oxygen atoms in total.